The van der Waals surface area contributed by atoms with Gasteiger partial charge in [0.25, 0.3) is 0 Å². The Hall–Kier alpha value is -2.38. The Balaban J connectivity index is 1.76. The van der Waals surface area contributed by atoms with Gasteiger partial charge in [0.1, 0.15) is 10.6 Å². The summed E-state index contributed by atoms with van der Waals surface area (Å²) in [6.45, 7) is 10.6. The number of rotatable bonds is 6. The predicted octanol–water partition coefficient (Wildman–Crippen LogP) is 4.21. The minimum Gasteiger partial charge on any atom is -0.495 e. The number of piperidine rings is 1. The second-order valence-corrected chi connectivity index (χ2v) is 10.8. The summed E-state index contributed by atoms with van der Waals surface area (Å²) in [7, 11) is -2.30. The normalized spacial score (nSPS) is 18.2. The van der Waals surface area contributed by atoms with Crippen LogP contribution in [0.5, 0.6) is 5.75 Å². The van der Waals surface area contributed by atoms with Gasteiger partial charge in [0, 0.05) is 13.1 Å². The standard InChI is InChI=1S/C25H34N2O4S/c1-16-9-10-23(31-6)24(12-16)32(29,30)27-11-7-8-21(15-27)25(28)26-20(5)22-14-18(3)17(2)13-19(22)4/h9-10,12-14,20-21H,7-8,11,15H2,1-6H3,(H,26,28)/t20-,21+/m0/s1. The average molecular weight is 459 g/mol. The molecule has 0 aromatic heterocycles. The van der Waals surface area contributed by atoms with E-state index >= 15 is 0 Å². The summed E-state index contributed by atoms with van der Waals surface area (Å²) in [6.07, 6.45) is 1.31. The number of ether oxygens (including phenoxy) is 1. The van der Waals surface area contributed by atoms with Crippen molar-refractivity contribution < 1.29 is 17.9 Å². The number of carbonyl (C=O) groups excluding carboxylic acids is 1. The first-order valence-electron chi connectivity index (χ1n) is 11.1. The van der Waals surface area contributed by atoms with E-state index in [1.54, 1.807) is 12.1 Å². The zero-order valence-corrected chi connectivity index (χ0v) is 20.7. The second-order valence-electron chi connectivity index (χ2n) is 8.88. The molecule has 0 saturated carbocycles. The Morgan fingerprint density at radius 3 is 2.47 bits per heavy atom. The number of nitrogens with zero attached hydrogens (tertiary/aromatic N) is 1. The number of benzene rings is 2. The fourth-order valence-corrected chi connectivity index (χ4v) is 6.12. The van der Waals surface area contributed by atoms with Crippen molar-refractivity contribution in [3.63, 3.8) is 0 Å². The van der Waals surface area contributed by atoms with Crippen LogP contribution in [-0.4, -0.2) is 38.8 Å². The van der Waals surface area contributed by atoms with Crippen molar-refractivity contribution >= 4 is 15.9 Å². The summed E-state index contributed by atoms with van der Waals surface area (Å²) in [5.74, 6) is -0.170. The predicted molar refractivity (Wildman–Crippen MR) is 126 cm³/mol. The lowest BCUT2D eigenvalue weighted by atomic mass is 9.95. The lowest BCUT2D eigenvalue weighted by Crippen LogP contribution is -2.45. The fourth-order valence-electron chi connectivity index (χ4n) is 4.36. The SMILES string of the molecule is COc1ccc(C)cc1S(=O)(=O)N1CCC[C@@H](C(=O)N[C@@H](C)c2cc(C)c(C)cc2C)C1. The summed E-state index contributed by atoms with van der Waals surface area (Å²) >= 11 is 0. The summed E-state index contributed by atoms with van der Waals surface area (Å²) in [5.41, 5.74) is 5.48. The molecule has 0 unspecified atom stereocenters. The lowest BCUT2D eigenvalue weighted by Gasteiger charge is -2.32. The van der Waals surface area contributed by atoms with E-state index in [4.69, 9.17) is 4.74 Å². The molecule has 1 saturated heterocycles. The van der Waals surface area contributed by atoms with Crippen LogP contribution >= 0.6 is 0 Å². The first-order valence-corrected chi connectivity index (χ1v) is 12.5. The lowest BCUT2D eigenvalue weighted by molar-refractivity contribution is -0.126. The maximum Gasteiger partial charge on any atom is 0.246 e. The largest absolute Gasteiger partial charge is 0.495 e. The van der Waals surface area contributed by atoms with Crippen LogP contribution in [-0.2, 0) is 14.8 Å². The van der Waals surface area contributed by atoms with Crippen molar-refractivity contribution in [3.05, 3.63) is 58.1 Å². The van der Waals surface area contributed by atoms with Crippen molar-refractivity contribution in [2.24, 2.45) is 5.92 Å². The Bertz CT molecular complexity index is 1110. The summed E-state index contributed by atoms with van der Waals surface area (Å²) in [6, 6.07) is 9.23. The maximum atomic E-state index is 13.4. The Morgan fingerprint density at radius 2 is 1.78 bits per heavy atom. The van der Waals surface area contributed by atoms with E-state index in [1.807, 2.05) is 19.9 Å². The Morgan fingerprint density at radius 1 is 1.09 bits per heavy atom. The van der Waals surface area contributed by atoms with E-state index in [0.29, 0.717) is 25.1 Å². The number of nitrogens with one attached hydrogen (secondary N) is 1. The van der Waals surface area contributed by atoms with Crippen molar-refractivity contribution in [3.8, 4) is 5.75 Å². The minimum atomic E-state index is -3.76. The molecule has 2 atom stereocenters. The van der Waals surface area contributed by atoms with Crippen LogP contribution in [0.2, 0.25) is 0 Å². The molecule has 1 N–H and O–H groups in total. The molecule has 7 heteroatoms. The van der Waals surface area contributed by atoms with Gasteiger partial charge in [-0.05, 0) is 87.4 Å². The number of hydrogen-bond acceptors (Lipinski definition) is 4. The van der Waals surface area contributed by atoms with Gasteiger partial charge in [-0.1, -0.05) is 18.2 Å². The molecule has 1 heterocycles. The van der Waals surface area contributed by atoms with Gasteiger partial charge < -0.3 is 10.1 Å². The van der Waals surface area contributed by atoms with Crippen molar-refractivity contribution in [1.82, 2.24) is 9.62 Å². The first-order chi connectivity index (χ1) is 15.0. The number of carbonyl (C=O) groups is 1. The summed E-state index contributed by atoms with van der Waals surface area (Å²) in [5, 5.41) is 3.11. The molecular weight excluding hydrogens is 424 g/mol. The van der Waals surface area contributed by atoms with Gasteiger partial charge in [0.15, 0.2) is 0 Å². The monoisotopic (exact) mass is 458 g/mol. The van der Waals surface area contributed by atoms with E-state index in [2.05, 4.69) is 38.2 Å². The molecule has 32 heavy (non-hydrogen) atoms. The first kappa shape index (κ1) is 24.3. The average Bonchev–Trinajstić information content (AvgIpc) is 2.76. The van der Waals surface area contributed by atoms with E-state index < -0.39 is 10.0 Å². The molecule has 3 rings (SSSR count). The molecule has 2 aromatic rings. The van der Waals surface area contributed by atoms with Crippen LogP contribution in [0.15, 0.2) is 35.2 Å². The van der Waals surface area contributed by atoms with Gasteiger partial charge in [-0.2, -0.15) is 4.31 Å². The summed E-state index contributed by atoms with van der Waals surface area (Å²) < 4.78 is 33.4. The van der Waals surface area contributed by atoms with Gasteiger partial charge in [-0.25, -0.2) is 8.42 Å². The smallest absolute Gasteiger partial charge is 0.246 e. The van der Waals surface area contributed by atoms with Gasteiger partial charge in [0.2, 0.25) is 15.9 Å². The molecule has 1 amide bonds. The topological polar surface area (TPSA) is 75.7 Å². The zero-order valence-electron chi connectivity index (χ0n) is 19.9. The highest BCUT2D eigenvalue weighted by Crippen LogP contribution is 2.31. The van der Waals surface area contributed by atoms with Gasteiger partial charge in [-0.3, -0.25) is 4.79 Å². The third-order valence-electron chi connectivity index (χ3n) is 6.40. The number of hydrogen-bond donors (Lipinski definition) is 1. The molecule has 2 aromatic carbocycles. The zero-order chi connectivity index (χ0) is 23.6. The molecule has 1 aliphatic heterocycles. The highest BCUT2D eigenvalue weighted by atomic mass is 32.2. The van der Waals surface area contributed by atoms with Crippen LogP contribution < -0.4 is 10.1 Å². The van der Waals surface area contributed by atoms with Crippen LogP contribution in [0.4, 0.5) is 0 Å². The third-order valence-corrected chi connectivity index (χ3v) is 8.29. The molecule has 0 aliphatic carbocycles. The van der Waals surface area contributed by atoms with Crippen molar-refractivity contribution in [2.45, 2.75) is 58.4 Å². The van der Waals surface area contributed by atoms with E-state index in [1.165, 1.54) is 22.5 Å². The molecule has 1 aliphatic rings. The maximum absolute atomic E-state index is 13.4. The molecule has 6 nitrogen and oxygen atoms in total. The van der Waals surface area contributed by atoms with E-state index in [9.17, 15) is 13.2 Å². The molecule has 0 bridgehead atoms. The quantitative estimate of drug-likeness (QED) is 0.704. The van der Waals surface area contributed by atoms with E-state index in [-0.39, 0.29) is 29.3 Å². The van der Waals surface area contributed by atoms with Gasteiger partial charge in [-0.15, -0.1) is 0 Å². The number of sulfonamides is 1. The van der Waals surface area contributed by atoms with Gasteiger partial charge >= 0.3 is 0 Å². The molecule has 174 valence electrons. The number of aryl methyl sites for hydroxylation is 4. The van der Waals surface area contributed by atoms with Gasteiger partial charge in [0.05, 0.1) is 19.1 Å². The molecule has 1 fully saturated rings. The minimum absolute atomic E-state index is 0.105. The molecule has 0 spiro atoms. The van der Waals surface area contributed by atoms with Crippen molar-refractivity contribution in [2.75, 3.05) is 20.2 Å². The Labute approximate surface area is 192 Å². The highest BCUT2D eigenvalue weighted by Gasteiger charge is 2.35. The van der Waals surface area contributed by atoms with Crippen LogP contribution in [0.3, 0.4) is 0 Å². The Kier molecular flexibility index (Phi) is 7.30. The van der Waals surface area contributed by atoms with Crippen LogP contribution in [0, 0.1) is 33.6 Å². The van der Waals surface area contributed by atoms with Crippen LogP contribution in [0.1, 0.15) is 53.6 Å². The molecule has 0 radical (unpaired) electrons. The van der Waals surface area contributed by atoms with Crippen LogP contribution in [0.25, 0.3) is 0 Å². The highest BCUT2D eigenvalue weighted by molar-refractivity contribution is 7.89. The number of amides is 1. The number of methoxy groups -OCH3 is 1. The third kappa shape index (κ3) is 4.99. The summed E-state index contributed by atoms with van der Waals surface area (Å²) in [4.78, 5) is 13.2. The molecular formula is C25H34N2O4S. The van der Waals surface area contributed by atoms with E-state index in [0.717, 1.165) is 16.7 Å². The fraction of sp³-hybridized carbons (Fsp3) is 0.480. The second kappa shape index (κ2) is 9.63. The van der Waals surface area contributed by atoms with Crippen molar-refractivity contribution in [1.29, 1.82) is 0 Å².